The van der Waals surface area contributed by atoms with Gasteiger partial charge in [-0.15, -0.1) is 0 Å². The number of aromatic carboxylic acids is 1. The minimum atomic E-state index is -1.29. The van der Waals surface area contributed by atoms with Crippen molar-refractivity contribution in [2.45, 2.75) is 13.8 Å². The maximum atomic E-state index is 11.0. The highest BCUT2D eigenvalue weighted by Crippen LogP contribution is 2.24. The molecule has 0 heterocycles. The number of nitrogens with zero attached hydrogens (tertiary/aromatic N) is 2. The van der Waals surface area contributed by atoms with Crippen molar-refractivity contribution in [3.8, 4) is 0 Å². The van der Waals surface area contributed by atoms with Crippen LogP contribution in [0.3, 0.4) is 0 Å². The minimum Gasteiger partial charge on any atom is -0.477 e. The summed E-state index contributed by atoms with van der Waals surface area (Å²) in [4.78, 5) is 22.9. The largest absolute Gasteiger partial charge is 0.477 e. The normalized spacial score (nSPS) is 10.4. The van der Waals surface area contributed by atoms with E-state index in [1.807, 2.05) is 25.8 Å². The topological polar surface area (TPSA) is 83.7 Å². The predicted molar refractivity (Wildman–Crippen MR) is 68.2 cm³/mol. The van der Waals surface area contributed by atoms with Gasteiger partial charge in [0.05, 0.1) is 4.92 Å². The Morgan fingerprint density at radius 1 is 1.50 bits per heavy atom. The molecule has 0 atom stereocenters. The average Bonchev–Trinajstić information content (AvgIpc) is 2.26. The molecule has 6 nitrogen and oxygen atoms in total. The van der Waals surface area contributed by atoms with Gasteiger partial charge in [0.25, 0.3) is 5.69 Å². The van der Waals surface area contributed by atoms with Crippen molar-refractivity contribution in [2.75, 3.05) is 18.5 Å². The number of carbonyl (C=O) groups is 1. The number of nitro benzene ring substituents is 1. The third-order valence-corrected chi connectivity index (χ3v) is 2.49. The Balaban J connectivity index is 3.15. The SMILES string of the molecule is CC(C)CN(C)c1ccc([N+](=O)[O-])c(C(=O)O)c1. The molecule has 0 aromatic heterocycles. The molecule has 98 valence electrons. The van der Waals surface area contributed by atoms with Crippen molar-refractivity contribution < 1.29 is 14.8 Å². The molecule has 0 amide bonds. The average molecular weight is 252 g/mol. The Hall–Kier alpha value is -2.11. The smallest absolute Gasteiger partial charge is 0.342 e. The van der Waals surface area contributed by atoms with Crippen molar-refractivity contribution in [3.05, 3.63) is 33.9 Å². The zero-order valence-electron chi connectivity index (χ0n) is 10.6. The summed E-state index contributed by atoms with van der Waals surface area (Å²) in [7, 11) is 1.83. The summed E-state index contributed by atoms with van der Waals surface area (Å²) in [6, 6.07) is 4.13. The number of carboxylic acid groups (broad SMARTS) is 1. The molecule has 0 saturated heterocycles. The Morgan fingerprint density at radius 2 is 2.11 bits per heavy atom. The summed E-state index contributed by atoms with van der Waals surface area (Å²) in [5, 5.41) is 19.7. The van der Waals surface area contributed by atoms with Gasteiger partial charge in [-0.1, -0.05) is 13.8 Å². The lowest BCUT2D eigenvalue weighted by atomic mass is 10.1. The van der Waals surface area contributed by atoms with Gasteiger partial charge in [-0.3, -0.25) is 10.1 Å². The number of hydrogen-bond donors (Lipinski definition) is 1. The van der Waals surface area contributed by atoms with Crippen molar-refractivity contribution >= 4 is 17.3 Å². The number of carboxylic acids is 1. The van der Waals surface area contributed by atoms with E-state index in [4.69, 9.17) is 5.11 Å². The van der Waals surface area contributed by atoms with Crippen LogP contribution in [0.5, 0.6) is 0 Å². The zero-order chi connectivity index (χ0) is 13.9. The molecule has 18 heavy (non-hydrogen) atoms. The molecule has 0 aliphatic carbocycles. The second-order valence-corrected chi connectivity index (χ2v) is 4.54. The molecule has 1 aromatic rings. The van der Waals surface area contributed by atoms with Gasteiger partial charge in [0, 0.05) is 25.3 Å². The molecular formula is C12H16N2O4. The van der Waals surface area contributed by atoms with Crippen LogP contribution >= 0.6 is 0 Å². The molecular weight excluding hydrogens is 236 g/mol. The maximum Gasteiger partial charge on any atom is 0.342 e. The third kappa shape index (κ3) is 3.19. The molecule has 0 fully saturated rings. The lowest BCUT2D eigenvalue weighted by Gasteiger charge is -2.21. The quantitative estimate of drug-likeness (QED) is 0.642. The fourth-order valence-corrected chi connectivity index (χ4v) is 1.75. The van der Waals surface area contributed by atoms with Crippen LogP contribution in [0.25, 0.3) is 0 Å². The summed E-state index contributed by atoms with van der Waals surface area (Å²) in [6.45, 7) is 4.83. The maximum absolute atomic E-state index is 11.0. The highest BCUT2D eigenvalue weighted by Gasteiger charge is 2.20. The Labute approximate surface area is 105 Å². The van der Waals surface area contributed by atoms with Crippen molar-refractivity contribution in [1.82, 2.24) is 0 Å². The van der Waals surface area contributed by atoms with E-state index in [1.54, 1.807) is 6.07 Å². The highest BCUT2D eigenvalue weighted by atomic mass is 16.6. The Morgan fingerprint density at radius 3 is 2.56 bits per heavy atom. The van der Waals surface area contributed by atoms with Gasteiger partial charge in [0.15, 0.2) is 0 Å². The second-order valence-electron chi connectivity index (χ2n) is 4.54. The van der Waals surface area contributed by atoms with Crippen LogP contribution in [0, 0.1) is 16.0 Å². The van der Waals surface area contributed by atoms with Crippen LogP contribution < -0.4 is 4.90 Å². The Bertz CT molecular complexity index is 471. The van der Waals surface area contributed by atoms with Gasteiger partial charge < -0.3 is 10.0 Å². The lowest BCUT2D eigenvalue weighted by Crippen LogP contribution is -2.22. The van der Waals surface area contributed by atoms with Crippen molar-refractivity contribution in [3.63, 3.8) is 0 Å². The van der Waals surface area contributed by atoms with Crippen LogP contribution in [0.4, 0.5) is 11.4 Å². The van der Waals surface area contributed by atoms with E-state index in [2.05, 4.69) is 0 Å². The van der Waals surface area contributed by atoms with E-state index >= 15 is 0 Å². The summed E-state index contributed by atoms with van der Waals surface area (Å²) in [5.74, 6) is -0.875. The van der Waals surface area contributed by atoms with Gasteiger partial charge in [-0.2, -0.15) is 0 Å². The minimum absolute atomic E-state index is 0.284. The molecule has 6 heteroatoms. The number of nitro groups is 1. The van der Waals surface area contributed by atoms with E-state index in [0.717, 1.165) is 6.54 Å². The fourth-order valence-electron chi connectivity index (χ4n) is 1.75. The summed E-state index contributed by atoms with van der Waals surface area (Å²) in [6.07, 6.45) is 0. The first-order valence-corrected chi connectivity index (χ1v) is 5.55. The van der Waals surface area contributed by atoms with Crippen molar-refractivity contribution in [2.24, 2.45) is 5.92 Å². The van der Waals surface area contributed by atoms with Crippen LogP contribution in [-0.4, -0.2) is 29.6 Å². The third-order valence-electron chi connectivity index (χ3n) is 2.49. The summed E-state index contributed by atoms with van der Waals surface area (Å²) in [5.41, 5.74) is -0.0102. The van der Waals surface area contributed by atoms with Crippen molar-refractivity contribution in [1.29, 1.82) is 0 Å². The molecule has 0 saturated carbocycles. The van der Waals surface area contributed by atoms with Crippen LogP contribution in [0.15, 0.2) is 18.2 Å². The lowest BCUT2D eigenvalue weighted by molar-refractivity contribution is -0.385. The van der Waals surface area contributed by atoms with E-state index < -0.39 is 10.9 Å². The molecule has 1 rings (SSSR count). The monoisotopic (exact) mass is 252 g/mol. The molecule has 0 aliphatic heterocycles. The van der Waals surface area contributed by atoms with Crippen LogP contribution in [0.2, 0.25) is 0 Å². The summed E-state index contributed by atoms with van der Waals surface area (Å²) < 4.78 is 0. The number of anilines is 1. The molecule has 0 bridgehead atoms. The van der Waals surface area contributed by atoms with Crippen LogP contribution in [-0.2, 0) is 0 Å². The molecule has 0 unspecified atom stereocenters. The highest BCUT2D eigenvalue weighted by molar-refractivity contribution is 5.93. The van der Waals surface area contributed by atoms with E-state index in [1.165, 1.54) is 12.1 Å². The molecule has 0 radical (unpaired) electrons. The van der Waals surface area contributed by atoms with Gasteiger partial charge in [-0.25, -0.2) is 4.79 Å². The second kappa shape index (κ2) is 5.48. The first-order chi connectivity index (χ1) is 8.32. The van der Waals surface area contributed by atoms with E-state index in [-0.39, 0.29) is 11.3 Å². The first-order valence-electron chi connectivity index (χ1n) is 5.55. The fraction of sp³-hybridized carbons (Fsp3) is 0.417. The number of hydrogen-bond acceptors (Lipinski definition) is 4. The number of rotatable bonds is 5. The van der Waals surface area contributed by atoms with E-state index in [9.17, 15) is 14.9 Å². The van der Waals surface area contributed by atoms with Gasteiger partial charge in [-0.05, 0) is 18.1 Å². The standard InChI is InChI=1S/C12H16N2O4/c1-8(2)7-13(3)9-4-5-11(14(17)18)10(6-9)12(15)16/h4-6,8H,7H2,1-3H3,(H,15,16). The predicted octanol–water partition coefficient (Wildman–Crippen LogP) is 2.39. The molecule has 0 aliphatic rings. The van der Waals surface area contributed by atoms with E-state index in [0.29, 0.717) is 11.6 Å². The van der Waals surface area contributed by atoms with Gasteiger partial charge in [0.1, 0.15) is 5.56 Å². The van der Waals surface area contributed by atoms with Crippen LogP contribution in [0.1, 0.15) is 24.2 Å². The molecule has 0 spiro atoms. The molecule has 1 N–H and O–H groups in total. The first kappa shape index (κ1) is 14.0. The zero-order valence-corrected chi connectivity index (χ0v) is 10.6. The summed E-state index contributed by atoms with van der Waals surface area (Å²) >= 11 is 0. The number of benzene rings is 1. The van der Waals surface area contributed by atoms with Gasteiger partial charge in [0.2, 0.25) is 0 Å². The molecule has 1 aromatic carbocycles. The Kier molecular flexibility index (Phi) is 4.25. The van der Waals surface area contributed by atoms with Gasteiger partial charge >= 0.3 is 5.97 Å².